The lowest BCUT2D eigenvalue weighted by molar-refractivity contribution is -0.148. The second-order valence-corrected chi connectivity index (χ2v) is 15.2. The Balaban J connectivity index is 1.45. The molecule has 0 bridgehead atoms. The van der Waals surface area contributed by atoms with Crippen molar-refractivity contribution in [2.24, 2.45) is 5.92 Å². The molecule has 0 unspecified atom stereocenters. The van der Waals surface area contributed by atoms with E-state index in [9.17, 15) is 19.5 Å². The number of aliphatic hydroxyl groups is 1. The Morgan fingerprint density at radius 1 is 1.30 bits per heavy atom. The molecule has 202 valence electrons. The van der Waals surface area contributed by atoms with Crippen LogP contribution in [0.5, 0.6) is 0 Å². The van der Waals surface area contributed by atoms with Crippen LogP contribution in [-0.4, -0.2) is 74.0 Å². The number of likely N-dealkylation sites (tertiary alicyclic amines) is 1. The van der Waals surface area contributed by atoms with Gasteiger partial charge in [0.2, 0.25) is 20.2 Å². The maximum atomic E-state index is 15.8. The van der Waals surface area contributed by atoms with E-state index < -0.39 is 31.6 Å². The van der Waals surface area contributed by atoms with Gasteiger partial charge in [0.1, 0.15) is 0 Å². The van der Waals surface area contributed by atoms with Gasteiger partial charge in [-0.25, -0.2) is 0 Å². The highest BCUT2D eigenvalue weighted by atomic mass is 28.4. The summed E-state index contributed by atoms with van der Waals surface area (Å²) in [6.45, 7) is 6.28. The second kappa shape index (κ2) is 9.76. The first kappa shape index (κ1) is 26.3. The van der Waals surface area contributed by atoms with Gasteiger partial charge in [0.05, 0.1) is 31.2 Å². The Morgan fingerprint density at radius 2 is 2.08 bits per heavy atom. The third-order valence-electron chi connectivity index (χ3n) is 8.64. The number of aliphatic hydroxyl groups excluding tert-OH is 1. The number of nitrogens with one attached hydrogen (secondary N) is 3. The first-order valence-electron chi connectivity index (χ1n) is 13.3. The predicted molar refractivity (Wildman–Crippen MR) is 139 cm³/mol. The summed E-state index contributed by atoms with van der Waals surface area (Å²) in [5, 5.41) is 18.7. The molecule has 3 amide bonds. The summed E-state index contributed by atoms with van der Waals surface area (Å²) < 4.78 is 22.3. The van der Waals surface area contributed by atoms with E-state index in [-0.39, 0.29) is 42.8 Å². The van der Waals surface area contributed by atoms with Gasteiger partial charge in [0.25, 0.3) is 5.91 Å². The number of hydrogen-bond acceptors (Lipinski definition) is 6. The number of anilines is 2. The van der Waals surface area contributed by atoms with Crippen LogP contribution < -0.4 is 16.0 Å². The minimum atomic E-state index is -3.39. The van der Waals surface area contributed by atoms with E-state index >= 15 is 4.11 Å². The summed E-state index contributed by atoms with van der Waals surface area (Å²) in [6, 6.07) is 4.73. The van der Waals surface area contributed by atoms with Crippen LogP contribution >= 0.6 is 0 Å². The van der Waals surface area contributed by atoms with Crippen molar-refractivity contribution in [1.82, 2.24) is 10.2 Å². The Labute approximate surface area is 217 Å². The number of fused-ring (bicyclic) bond motifs is 2. The second-order valence-electron chi connectivity index (χ2n) is 11.4. The zero-order chi connectivity index (χ0) is 26.5. The van der Waals surface area contributed by atoms with Crippen LogP contribution in [0.25, 0.3) is 0 Å². The molecule has 3 saturated heterocycles. The van der Waals surface area contributed by atoms with Crippen LogP contribution in [0.2, 0.25) is 18.6 Å². The topological polar surface area (TPSA) is 120 Å². The van der Waals surface area contributed by atoms with Gasteiger partial charge in [0.15, 0.2) is 5.60 Å². The van der Waals surface area contributed by atoms with Gasteiger partial charge in [-0.15, -0.1) is 0 Å². The van der Waals surface area contributed by atoms with Gasteiger partial charge in [-0.3, -0.25) is 14.4 Å². The first-order valence-corrected chi connectivity index (χ1v) is 16.3. The maximum absolute atomic E-state index is 15.8. The number of halogens is 1. The molecule has 5 rings (SSSR count). The van der Waals surface area contributed by atoms with E-state index in [1.165, 1.54) is 0 Å². The van der Waals surface area contributed by atoms with Gasteiger partial charge < -0.3 is 34.8 Å². The van der Waals surface area contributed by atoms with Crippen molar-refractivity contribution in [3.63, 3.8) is 0 Å². The third kappa shape index (κ3) is 4.49. The fourth-order valence-corrected chi connectivity index (χ4v) is 9.42. The first-order chi connectivity index (χ1) is 17.6. The number of carbonyl (C=O) groups excluding carboxylic acids is 3. The van der Waals surface area contributed by atoms with Crippen molar-refractivity contribution in [3.05, 3.63) is 23.8 Å². The van der Waals surface area contributed by atoms with E-state index in [0.29, 0.717) is 23.5 Å². The molecular formula is C26H37FN4O5Si. The van der Waals surface area contributed by atoms with E-state index in [1.807, 2.05) is 6.92 Å². The molecule has 1 aromatic rings. The molecule has 4 N–H and O–H groups in total. The molecule has 11 heteroatoms. The molecule has 0 radical (unpaired) electrons. The lowest BCUT2D eigenvalue weighted by Gasteiger charge is -2.31. The molecule has 1 spiro atoms. The Morgan fingerprint density at radius 3 is 2.76 bits per heavy atom. The number of rotatable bonds is 6. The largest absolute Gasteiger partial charge is 0.394 e. The molecule has 4 aliphatic rings. The average molecular weight is 533 g/mol. The lowest BCUT2D eigenvalue weighted by Crippen LogP contribution is -2.42. The Bertz CT molecular complexity index is 1090. The molecule has 6 atom stereocenters. The quantitative estimate of drug-likeness (QED) is 0.330. The van der Waals surface area contributed by atoms with E-state index in [1.54, 1.807) is 36.2 Å². The lowest BCUT2D eigenvalue weighted by atomic mass is 9.82. The highest BCUT2D eigenvalue weighted by Crippen LogP contribution is 2.59. The maximum Gasteiger partial charge on any atom is 0.261 e. The van der Waals surface area contributed by atoms with Crippen molar-refractivity contribution >= 4 is 37.5 Å². The van der Waals surface area contributed by atoms with E-state index in [0.717, 1.165) is 32.2 Å². The van der Waals surface area contributed by atoms with Crippen LogP contribution in [0.4, 0.5) is 15.5 Å². The highest BCUT2D eigenvalue weighted by molar-refractivity contribution is 6.72. The SMILES string of the molecule is C[C@@H]1[C@@H]([Si](C)(C)F)[C@H](CC(=O)N2CCC[C@H]2CO)O[C@@]12C(=O)Nc1ccc(NC(=O)[C@H]3CCCN3)cc12. The number of nitrogens with zero attached hydrogens (tertiary/aromatic N) is 1. The number of benzene rings is 1. The Hall–Kier alpha value is -2.34. The van der Waals surface area contributed by atoms with Crippen molar-refractivity contribution in [2.45, 2.75) is 81.5 Å². The zero-order valence-corrected chi connectivity index (χ0v) is 22.7. The molecular weight excluding hydrogens is 495 g/mol. The molecule has 0 aromatic heterocycles. The van der Waals surface area contributed by atoms with Crippen LogP contribution in [0.15, 0.2) is 18.2 Å². The molecule has 37 heavy (non-hydrogen) atoms. The average Bonchev–Trinajstić information content (AvgIpc) is 3.61. The van der Waals surface area contributed by atoms with Crippen molar-refractivity contribution in [3.8, 4) is 0 Å². The number of amides is 3. The van der Waals surface area contributed by atoms with Gasteiger partial charge in [-0.1, -0.05) is 6.92 Å². The molecule has 9 nitrogen and oxygen atoms in total. The number of carbonyl (C=O) groups is 3. The third-order valence-corrected chi connectivity index (χ3v) is 11.1. The molecule has 0 aliphatic carbocycles. The van der Waals surface area contributed by atoms with Crippen LogP contribution in [-0.2, 0) is 24.7 Å². The van der Waals surface area contributed by atoms with Gasteiger partial charge in [0, 0.05) is 34.9 Å². The Kier molecular flexibility index (Phi) is 6.93. The smallest absolute Gasteiger partial charge is 0.261 e. The number of ether oxygens (including phenoxy) is 1. The van der Waals surface area contributed by atoms with Crippen molar-refractivity contribution in [2.75, 3.05) is 30.3 Å². The predicted octanol–water partition coefficient (Wildman–Crippen LogP) is 2.48. The fraction of sp³-hybridized carbons (Fsp3) is 0.654. The molecule has 1 aromatic carbocycles. The van der Waals surface area contributed by atoms with Crippen molar-refractivity contribution < 1.29 is 28.3 Å². The van der Waals surface area contributed by atoms with Gasteiger partial charge in [-0.2, -0.15) is 0 Å². The summed E-state index contributed by atoms with van der Waals surface area (Å²) >= 11 is 0. The molecule has 3 fully saturated rings. The van der Waals surface area contributed by atoms with Crippen LogP contribution in [0.1, 0.15) is 44.6 Å². The zero-order valence-electron chi connectivity index (χ0n) is 21.7. The summed E-state index contributed by atoms with van der Waals surface area (Å²) in [4.78, 5) is 41.1. The summed E-state index contributed by atoms with van der Waals surface area (Å²) in [7, 11) is -3.39. The monoisotopic (exact) mass is 532 g/mol. The van der Waals surface area contributed by atoms with Gasteiger partial charge >= 0.3 is 0 Å². The van der Waals surface area contributed by atoms with Gasteiger partial charge in [-0.05, 0) is 63.5 Å². The summed E-state index contributed by atoms with van der Waals surface area (Å²) in [5.74, 6) is -1.21. The number of hydrogen-bond donors (Lipinski definition) is 4. The molecule has 4 aliphatic heterocycles. The van der Waals surface area contributed by atoms with Crippen LogP contribution in [0.3, 0.4) is 0 Å². The van der Waals surface area contributed by atoms with E-state index in [4.69, 9.17) is 4.74 Å². The standard InChI is InChI=1S/C26H37FN4O5Si/c1-15-23(37(2,3)27)21(13-22(33)31-11-5-6-17(31)14-32)36-26(15)18-12-16(8-9-19(18)30-25(26)35)29-24(34)20-7-4-10-28-20/h8-9,12,15,17,20-21,23,28,32H,4-7,10-11,13-14H2,1-3H3,(H,29,34)(H,30,35)/t15-,17+,20-,21+,23-,26+/m1/s1. The molecule has 0 saturated carbocycles. The highest BCUT2D eigenvalue weighted by Gasteiger charge is 2.65. The normalized spacial score (nSPS) is 33.2. The minimum absolute atomic E-state index is 0.0417. The van der Waals surface area contributed by atoms with Crippen molar-refractivity contribution in [1.29, 1.82) is 0 Å². The van der Waals surface area contributed by atoms with E-state index in [2.05, 4.69) is 16.0 Å². The minimum Gasteiger partial charge on any atom is -0.394 e. The summed E-state index contributed by atoms with van der Waals surface area (Å²) in [6.07, 6.45) is 2.45. The summed E-state index contributed by atoms with van der Waals surface area (Å²) in [5.41, 5.74) is -0.369. The molecule has 4 heterocycles. The fourth-order valence-electron chi connectivity index (χ4n) is 6.93. The van der Waals surface area contributed by atoms with Crippen LogP contribution in [0, 0.1) is 5.92 Å².